The minimum absolute atomic E-state index is 0.0218. The number of carbonyl (C=O) groups is 1. The van der Waals surface area contributed by atoms with Crippen LogP contribution in [0.25, 0.3) is 22.2 Å². The molecule has 1 amide bonds. The minimum atomic E-state index is -0.334. The van der Waals surface area contributed by atoms with Gasteiger partial charge in [0.05, 0.1) is 17.2 Å². The van der Waals surface area contributed by atoms with E-state index in [1.54, 1.807) is 12.1 Å². The Kier molecular flexibility index (Phi) is 5.14. The summed E-state index contributed by atoms with van der Waals surface area (Å²) < 4.78 is 14.6. The molecule has 0 saturated heterocycles. The van der Waals surface area contributed by atoms with E-state index in [9.17, 15) is 9.18 Å². The fraction of sp³-hybridized carbons (Fsp3) is 0.182. The minimum Gasteiger partial charge on any atom is -0.383 e. The van der Waals surface area contributed by atoms with Crippen molar-refractivity contribution in [3.63, 3.8) is 0 Å². The highest BCUT2D eigenvalue weighted by Crippen LogP contribution is 2.28. The normalized spacial score (nSPS) is 12.6. The Morgan fingerprint density at radius 3 is 2.53 bits per heavy atom. The Labute approximate surface area is 172 Å². The van der Waals surface area contributed by atoms with E-state index < -0.39 is 0 Å². The van der Waals surface area contributed by atoms with Gasteiger partial charge in [-0.15, -0.1) is 0 Å². The third kappa shape index (κ3) is 3.59. The van der Waals surface area contributed by atoms with Crippen molar-refractivity contribution < 1.29 is 9.18 Å². The van der Waals surface area contributed by atoms with Crippen LogP contribution in [-0.2, 0) is 0 Å². The predicted molar refractivity (Wildman–Crippen MR) is 116 cm³/mol. The lowest BCUT2D eigenvalue weighted by molar-refractivity contribution is 0.0941. The molecule has 0 aliphatic heterocycles. The average Bonchev–Trinajstić information content (AvgIpc) is 3.01. The number of carbonyl (C=O) groups excluding carboxylic acids is 1. The summed E-state index contributed by atoms with van der Waals surface area (Å²) in [5, 5.41) is 7.33. The molecule has 0 aliphatic rings. The van der Waals surface area contributed by atoms with Gasteiger partial charge in [-0.25, -0.2) is 14.4 Å². The van der Waals surface area contributed by atoms with Crippen LogP contribution in [-0.4, -0.2) is 32.8 Å². The number of halogens is 1. The van der Waals surface area contributed by atoms with Gasteiger partial charge in [-0.3, -0.25) is 4.79 Å². The number of hydrogen-bond acceptors (Lipinski definition) is 5. The summed E-state index contributed by atoms with van der Waals surface area (Å²) in [6, 6.07) is 13.2. The first-order valence-corrected chi connectivity index (χ1v) is 9.65. The van der Waals surface area contributed by atoms with E-state index in [1.165, 1.54) is 23.0 Å². The number of nitrogens with two attached hydrogens (primary N) is 1. The molecule has 0 fully saturated rings. The Morgan fingerprint density at radius 1 is 1.20 bits per heavy atom. The number of nitrogens with one attached hydrogen (secondary N) is 1. The summed E-state index contributed by atoms with van der Waals surface area (Å²) in [4.78, 5) is 22.2. The number of anilines is 1. The molecule has 0 bridgehead atoms. The Hall–Kier alpha value is -3.81. The zero-order chi connectivity index (χ0) is 21.3. The first-order valence-electron chi connectivity index (χ1n) is 9.65. The average molecular weight is 404 g/mol. The molecule has 2 aromatic heterocycles. The molecule has 0 unspecified atom stereocenters. The third-order valence-corrected chi connectivity index (χ3v) is 4.88. The predicted octanol–water partition coefficient (Wildman–Crippen LogP) is 3.72. The summed E-state index contributed by atoms with van der Waals surface area (Å²) in [5.41, 5.74) is 9.32. The van der Waals surface area contributed by atoms with Crippen molar-refractivity contribution in [3.05, 3.63) is 65.5 Å². The standard InChI is InChI=1S/C22H21FN6O/c1-3-13(2)26-22(30)18-19-21(28-17-7-5-4-6-16(17)27-19)29(20(18)24)25-12-14-8-10-15(23)11-9-14/h4-13H,3,24H2,1-2H3,(H,26,30)/t13-/m1/s1. The van der Waals surface area contributed by atoms with Crippen LogP contribution in [0.4, 0.5) is 10.2 Å². The van der Waals surface area contributed by atoms with Gasteiger partial charge in [-0.05, 0) is 43.2 Å². The van der Waals surface area contributed by atoms with Crippen LogP contribution in [0.5, 0.6) is 0 Å². The van der Waals surface area contributed by atoms with Gasteiger partial charge in [0.15, 0.2) is 5.65 Å². The van der Waals surface area contributed by atoms with Crippen LogP contribution in [0.2, 0.25) is 0 Å². The highest BCUT2D eigenvalue weighted by atomic mass is 19.1. The van der Waals surface area contributed by atoms with Crippen LogP contribution in [0.15, 0.2) is 53.6 Å². The molecular weight excluding hydrogens is 383 g/mol. The lowest BCUT2D eigenvalue weighted by atomic mass is 10.2. The molecule has 2 heterocycles. The number of para-hydroxylation sites is 2. The van der Waals surface area contributed by atoms with Gasteiger partial charge in [0.2, 0.25) is 0 Å². The fourth-order valence-corrected chi connectivity index (χ4v) is 3.06. The van der Waals surface area contributed by atoms with E-state index in [1.807, 2.05) is 38.1 Å². The summed E-state index contributed by atoms with van der Waals surface area (Å²) in [6.45, 7) is 3.90. The van der Waals surface area contributed by atoms with E-state index >= 15 is 0 Å². The molecule has 0 radical (unpaired) electrons. The molecule has 4 aromatic rings. The van der Waals surface area contributed by atoms with E-state index in [0.29, 0.717) is 27.8 Å². The van der Waals surface area contributed by atoms with Crippen molar-refractivity contribution in [1.82, 2.24) is 20.0 Å². The van der Waals surface area contributed by atoms with Crippen LogP contribution in [0, 0.1) is 5.82 Å². The molecule has 30 heavy (non-hydrogen) atoms. The fourth-order valence-electron chi connectivity index (χ4n) is 3.06. The molecule has 152 valence electrons. The van der Waals surface area contributed by atoms with Crippen LogP contribution in [0.1, 0.15) is 36.2 Å². The van der Waals surface area contributed by atoms with E-state index in [4.69, 9.17) is 5.73 Å². The van der Waals surface area contributed by atoms with Crippen LogP contribution in [0.3, 0.4) is 0 Å². The van der Waals surface area contributed by atoms with Gasteiger partial charge in [0.25, 0.3) is 5.91 Å². The molecular formula is C22H21FN6O. The molecule has 0 saturated carbocycles. The Morgan fingerprint density at radius 2 is 1.87 bits per heavy atom. The summed E-state index contributed by atoms with van der Waals surface area (Å²) in [5.74, 6) is -0.522. The second kappa shape index (κ2) is 7.90. The highest BCUT2D eigenvalue weighted by molar-refractivity contribution is 6.10. The van der Waals surface area contributed by atoms with Crippen molar-refractivity contribution in [2.24, 2.45) is 5.10 Å². The number of nitrogen functional groups attached to an aromatic ring is 1. The van der Waals surface area contributed by atoms with Crippen LogP contribution >= 0.6 is 0 Å². The number of fused-ring (bicyclic) bond motifs is 2. The second-order valence-corrected chi connectivity index (χ2v) is 7.04. The third-order valence-electron chi connectivity index (χ3n) is 4.88. The van der Waals surface area contributed by atoms with Crippen molar-refractivity contribution >= 4 is 40.1 Å². The molecule has 2 aromatic carbocycles. The number of amides is 1. The molecule has 4 rings (SSSR count). The number of nitrogens with zero attached hydrogens (tertiary/aromatic N) is 4. The second-order valence-electron chi connectivity index (χ2n) is 7.04. The van der Waals surface area contributed by atoms with Gasteiger partial charge in [0.1, 0.15) is 22.7 Å². The summed E-state index contributed by atoms with van der Waals surface area (Å²) >= 11 is 0. The van der Waals surface area contributed by atoms with Gasteiger partial charge in [0, 0.05) is 6.04 Å². The number of hydrogen-bond donors (Lipinski definition) is 2. The molecule has 0 spiro atoms. The first-order chi connectivity index (χ1) is 14.5. The largest absolute Gasteiger partial charge is 0.383 e. The summed E-state index contributed by atoms with van der Waals surface area (Å²) in [6.07, 6.45) is 2.31. The quantitative estimate of drug-likeness (QED) is 0.495. The van der Waals surface area contributed by atoms with Crippen molar-refractivity contribution in [2.45, 2.75) is 26.3 Å². The number of aromatic nitrogens is 3. The van der Waals surface area contributed by atoms with E-state index in [0.717, 1.165) is 6.42 Å². The SMILES string of the molecule is CC[C@@H](C)NC(=O)c1c(N)n(N=Cc2ccc(F)cc2)c2nc3ccccc3nc12. The topological polar surface area (TPSA) is 98.2 Å². The van der Waals surface area contributed by atoms with E-state index in [2.05, 4.69) is 20.4 Å². The number of benzene rings is 2. The van der Waals surface area contributed by atoms with Gasteiger partial charge < -0.3 is 11.1 Å². The molecule has 0 aliphatic carbocycles. The van der Waals surface area contributed by atoms with Crippen molar-refractivity contribution in [1.29, 1.82) is 0 Å². The molecule has 3 N–H and O–H groups in total. The zero-order valence-corrected chi connectivity index (χ0v) is 16.6. The smallest absolute Gasteiger partial charge is 0.257 e. The van der Waals surface area contributed by atoms with Gasteiger partial charge in [-0.1, -0.05) is 31.2 Å². The Bertz CT molecular complexity index is 1260. The first kappa shape index (κ1) is 19.5. The number of rotatable bonds is 5. The molecule has 7 nitrogen and oxygen atoms in total. The lowest BCUT2D eigenvalue weighted by Gasteiger charge is -2.11. The van der Waals surface area contributed by atoms with E-state index in [-0.39, 0.29) is 29.1 Å². The van der Waals surface area contributed by atoms with Gasteiger partial charge in [-0.2, -0.15) is 9.78 Å². The van der Waals surface area contributed by atoms with Crippen molar-refractivity contribution in [3.8, 4) is 0 Å². The maximum absolute atomic E-state index is 13.2. The lowest BCUT2D eigenvalue weighted by Crippen LogP contribution is -2.32. The molecule has 8 heteroatoms. The highest BCUT2D eigenvalue weighted by Gasteiger charge is 2.24. The monoisotopic (exact) mass is 404 g/mol. The van der Waals surface area contributed by atoms with Crippen LogP contribution < -0.4 is 11.1 Å². The maximum Gasteiger partial charge on any atom is 0.257 e. The maximum atomic E-state index is 13.2. The zero-order valence-electron chi connectivity index (χ0n) is 16.6. The Balaban J connectivity index is 1.89. The van der Waals surface area contributed by atoms with Gasteiger partial charge >= 0.3 is 0 Å². The van der Waals surface area contributed by atoms with Crippen molar-refractivity contribution in [2.75, 3.05) is 5.73 Å². The molecule has 1 atom stereocenters. The summed E-state index contributed by atoms with van der Waals surface area (Å²) in [7, 11) is 0.